The summed E-state index contributed by atoms with van der Waals surface area (Å²) in [5.41, 5.74) is 0. The predicted octanol–water partition coefficient (Wildman–Crippen LogP) is 4.16. The third-order valence-corrected chi connectivity index (χ3v) is 2.67. The second-order valence-corrected chi connectivity index (χ2v) is 4.02. The first-order chi connectivity index (χ1) is 10.2. The van der Waals surface area contributed by atoms with Crippen molar-refractivity contribution >= 4 is 0 Å². The van der Waals surface area contributed by atoms with Gasteiger partial charge < -0.3 is 4.74 Å². The molecule has 1 aliphatic rings. The van der Waals surface area contributed by atoms with Gasteiger partial charge in [0.2, 0.25) is 5.76 Å². The lowest BCUT2D eigenvalue weighted by molar-refractivity contribution is -0.498. The SMILES string of the molecule is FOC(OF)(C1=CO1)C(F)(F)C(F)(F)C(F)(F)C(F)(F)C(F)F. The zero-order valence-corrected chi connectivity index (χ0v) is 9.92. The van der Waals surface area contributed by atoms with Crippen molar-refractivity contribution in [2.75, 3.05) is 0 Å². The third kappa shape index (κ3) is 2.31. The highest BCUT2D eigenvalue weighted by atomic mass is 19.4. The van der Waals surface area contributed by atoms with Gasteiger partial charge in [0.1, 0.15) is 6.26 Å². The maximum Gasteiger partial charge on any atom is 0.384 e. The van der Waals surface area contributed by atoms with Crippen LogP contribution < -0.4 is 0 Å². The highest BCUT2D eigenvalue weighted by Crippen LogP contribution is 2.60. The molecule has 0 atom stereocenters. The largest absolute Gasteiger partial charge is 0.456 e. The molecule has 0 saturated heterocycles. The zero-order chi connectivity index (χ0) is 18.5. The maximum absolute atomic E-state index is 13.4. The van der Waals surface area contributed by atoms with E-state index in [0.29, 0.717) is 0 Å². The van der Waals surface area contributed by atoms with Crippen molar-refractivity contribution in [1.29, 1.82) is 0 Å². The Morgan fingerprint density at radius 3 is 1.43 bits per heavy atom. The van der Waals surface area contributed by atoms with Crippen LogP contribution in [-0.4, -0.2) is 35.9 Å². The van der Waals surface area contributed by atoms with Gasteiger partial charge in [-0.1, -0.05) is 0 Å². The van der Waals surface area contributed by atoms with Crippen molar-refractivity contribution in [3.8, 4) is 0 Å². The molecule has 0 unspecified atom stereocenters. The fraction of sp³-hybridized carbons (Fsp3) is 0.750. The van der Waals surface area contributed by atoms with Crippen LogP contribution in [0.25, 0.3) is 0 Å². The molecule has 1 rings (SSSR count). The molecule has 0 aromatic carbocycles. The van der Waals surface area contributed by atoms with E-state index in [2.05, 4.69) is 4.74 Å². The number of hydrogen-bond donors (Lipinski definition) is 0. The van der Waals surface area contributed by atoms with Crippen LogP contribution in [0.1, 0.15) is 0 Å². The minimum absolute atomic E-state index is 0.146. The average molecular weight is 374 g/mol. The standard InChI is InChI=1S/C8H2F12O3/c9-3(10)4(11,12)6(13,14)8(17,18)7(15,16)5(22-19,23-20)2-1-21-2/h1,3H. The molecule has 0 aromatic heterocycles. The first-order valence-corrected chi connectivity index (χ1v) is 4.93. The first kappa shape index (κ1) is 19.7. The molecular weight excluding hydrogens is 372 g/mol. The van der Waals surface area contributed by atoms with Gasteiger partial charge in [0.15, 0.2) is 0 Å². The van der Waals surface area contributed by atoms with Gasteiger partial charge in [-0.2, -0.15) is 35.1 Å². The Hall–Kier alpha value is -1.38. The number of alkyl halides is 10. The third-order valence-electron chi connectivity index (χ3n) is 2.67. The number of halogens is 12. The molecule has 0 N–H and O–H groups in total. The van der Waals surface area contributed by atoms with Crippen molar-refractivity contribution in [2.24, 2.45) is 0 Å². The van der Waals surface area contributed by atoms with Gasteiger partial charge in [-0.3, -0.25) is 0 Å². The molecule has 3 nitrogen and oxygen atoms in total. The molecule has 0 spiro atoms. The van der Waals surface area contributed by atoms with E-state index in [-0.39, 0.29) is 6.26 Å². The summed E-state index contributed by atoms with van der Waals surface area (Å²) in [6, 6.07) is 0. The molecule has 0 bridgehead atoms. The fourth-order valence-corrected chi connectivity index (χ4v) is 1.27. The van der Waals surface area contributed by atoms with Gasteiger partial charge in [-0.15, -0.1) is 9.88 Å². The summed E-state index contributed by atoms with van der Waals surface area (Å²) in [7, 11) is 0. The van der Waals surface area contributed by atoms with Gasteiger partial charge in [0.05, 0.1) is 0 Å². The average Bonchev–Trinajstić information content (AvgIpc) is 3.24. The summed E-state index contributed by atoms with van der Waals surface area (Å²) in [6.07, 6.45) is -5.67. The van der Waals surface area contributed by atoms with Crippen LogP contribution in [0.15, 0.2) is 12.0 Å². The van der Waals surface area contributed by atoms with Crippen LogP contribution in [0.3, 0.4) is 0 Å². The summed E-state index contributed by atoms with van der Waals surface area (Å²) in [4.78, 5) is 4.09. The molecule has 0 amide bonds. The first-order valence-electron chi connectivity index (χ1n) is 4.93. The van der Waals surface area contributed by atoms with Crippen molar-refractivity contribution in [1.82, 2.24) is 0 Å². The summed E-state index contributed by atoms with van der Waals surface area (Å²) in [6.45, 7) is 0. The van der Waals surface area contributed by atoms with Crippen molar-refractivity contribution in [3.63, 3.8) is 0 Å². The molecule has 0 aliphatic carbocycles. The summed E-state index contributed by atoms with van der Waals surface area (Å²) >= 11 is 0. The lowest BCUT2D eigenvalue weighted by Gasteiger charge is -2.39. The zero-order valence-electron chi connectivity index (χ0n) is 9.92. The lowest BCUT2D eigenvalue weighted by atomic mass is 9.92. The van der Waals surface area contributed by atoms with Gasteiger partial charge in [0.25, 0.3) is 0 Å². The normalized spacial score (nSPS) is 17.2. The molecule has 0 radical (unpaired) electrons. The van der Waals surface area contributed by atoms with Crippen molar-refractivity contribution in [3.05, 3.63) is 12.0 Å². The van der Waals surface area contributed by atoms with E-state index in [1.165, 1.54) is 0 Å². The van der Waals surface area contributed by atoms with Crippen LogP contribution in [0.2, 0.25) is 0 Å². The number of hydrogen-bond acceptors (Lipinski definition) is 3. The van der Waals surface area contributed by atoms with E-state index in [4.69, 9.17) is 0 Å². The molecule has 0 saturated carbocycles. The minimum Gasteiger partial charge on any atom is -0.456 e. The number of rotatable bonds is 8. The highest BCUT2D eigenvalue weighted by Gasteiger charge is 2.90. The van der Waals surface area contributed by atoms with Crippen LogP contribution >= 0.6 is 0 Å². The van der Waals surface area contributed by atoms with Gasteiger partial charge in [0, 0.05) is 0 Å². The summed E-state index contributed by atoms with van der Waals surface area (Å²) in [5, 5.41) is 0. The Labute approximate surface area is 117 Å². The highest BCUT2D eigenvalue weighted by molar-refractivity contribution is 5.23. The summed E-state index contributed by atoms with van der Waals surface area (Å²) < 4.78 is 156. The monoisotopic (exact) mass is 374 g/mol. The molecule has 0 aromatic rings. The van der Waals surface area contributed by atoms with Crippen molar-refractivity contribution in [2.45, 2.75) is 35.9 Å². The van der Waals surface area contributed by atoms with E-state index in [9.17, 15) is 53.0 Å². The van der Waals surface area contributed by atoms with Crippen LogP contribution in [0.4, 0.5) is 53.0 Å². The smallest absolute Gasteiger partial charge is 0.384 e. The van der Waals surface area contributed by atoms with E-state index in [0.717, 1.165) is 0 Å². The molecular formula is C8H2F12O3. The Morgan fingerprint density at radius 1 is 0.783 bits per heavy atom. The predicted molar refractivity (Wildman–Crippen MR) is 42.1 cm³/mol. The molecule has 23 heavy (non-hydrogen) atoms. The van der Waals surface area contributed by atoms with Gasteiger partial charge in [-0.25, -0.2) is 8.78 Å². The molecule has 136 valence electrons. The maximum atomic E-state index is 13.4. The van der Waals surface area contributed by atoms with E-state index >= 15 is 0 Å². The van der Waals surface area contributed by atoms with E-state index in [1.54, 1.807) is 0 Å². The Bertz CT molecular complexity index is 483. The molecule has 1 aliphatic heterocycles. The fourth-order valence-electron chi connectivity index (χ4n) is 1.27. The topological polar surface area (TPSA) is 31.0 Å². The van der Waals surface area contributed by atoms with Crippen molar-refractivity contribution < 1.29 is 67.6 Å². The van der Waals surface area contributed by atoms with Gasteiger partial charge >= 0.3 is 35.9 Å². The Balaban J connectivity index is 3.47. The van der Waals surface area contributed by atoms with Crippen LogP contribution in [0, 0.1) is 0 Å². The Morgan fingerprint density at radius 2 is 1.17 bits per heavy atom. The van der Waals surface area contributed by atoms with E-state index in [1.807, 2.05) is 9.88 Å². The Kier molecular flexibility index (Phi) is 4.55. The molecule has 15 heteroatoms. The van der Waals surface area contributed by atoms with Gasteiger partial charge in [-0.05, 0) is 9.05 Å². The number of ether oxygens (including phenoxy) is 1. The van der Waals surface area contributed by atoms with Crippen LogP contribution in [-0.2, 0) is 14.6 Å². The second-order valence-electron chi connectivity index (χ2n) is 4.02. The molecule has 0 fully saturated rings. The quantitative estimate of drug-likeness (QED) is 0.472. The van der Waals surface area contributed by atoms with E-state index < -0.39 is 41.7 Å². The minimum atomic E-state index is -7.48. The van der Waals surface area contributed by atoms with Crippen LogP contribution in [0.5, 0.6) is 0 Å². The lowest BCUT2D eigenvalue weighted by Crippen LogP contribution is -2.70. The summed E-state index contributed by atoms with van der Waals surface area (Å²) in [5.74, 6) is -36.2. The second kappa shape index (κ2) is 5.32. The molecule has 1 heterocycles.